The molecule has 0 N–H and O–H groups in total. The third kappa shape index (κ3) is 22.5. The number of ether oxygens (including phenoxy) is 4. The van der Waals surface area contributed by atoms with Gasteiger partial charge in [-0.1, -0.05) is 114 Å². The highest BCUT2D eigenvalue weighted by atomic mass is 33.5. The fraction of sp³-hybridized carbons (Fsp3) is 1.00. The van der Waals surface area contributed by atoms with E-state index in [0.29, 0.717) is 0 Å². The first-order valence-electron chi connectivity index (χ1n) is 16.5. The van der Waals surface area contributed by atoms with E-state index in [2.05, 4.69) is 41.5 Å². The van der Waals surface area contributed by atoms with Crippen molar-refractivity contribution >= 4 is 50.5 Å². The molecule has 0 atom stereocenters. The van der Waals surface area contributed by atoms with Crippen LogP contribution in [0.25, 0.3) is 0 Å². The van der Waals surface area contributed by atoms with Gasteiger partial charge in [0.1, 0.15) is 10.8 Å². The first-order chi connectivity index (χ1) is 19.1. The fourth-order valence-corrected chi connectivity index (χ4v) is 12.9. The summed E-state index contributed by atoms with van der Waals surface area (Å²) < 4.78 is 25.8. The van der Waals surface area contributed by atoms with Crippen molar-refractivity contribution < 1.29 is 18.9 Å². The summed E-state index contributed by atoms with van der Waals surface area (Å²) in [6.07, 6.45) is 16.7. The predicted octanol–water partition coefficient (Wildman–Crippen LogP) is 9.15. The maximum atomic E-state index is 6.45. The lowest BCUT2D eigenvalue weighted by atomic mass is 10.3. The molecule has 0 aliphatic rings. The highest BCUT2D eigenvalue weighted by molar-refractivity contribution is 9.09. The molecule has 0 saturated carbocycles. The molecule has 0 aromatic heterocycles. The molecule has 0 fully saturated rings. The number of hydrogen-bond donors (Lipinski definition) is 0. The smallest absolute Gasteiger partial charge is 0.145 e. The van der Waals surface area contributed by atoms with Crippen molar-refractivity contribution in [3.05, 3.63) is 0 Å². The molecular formula is C30H66O4S3Si2. The second kappa shape index (κ2) is 29.4. The van der Waals surface area contributed by atoms with Gasteiger partial charge in [0, 0.05) is 37.9 Å². The summed E-state index contributed by atoms with van der Waals surface area (Å²) in [5.74, 6) is 2.34. The summed E-state index contributed by atoms with van der Waals surface area (Å²) in [6, 6.07) is 2.68. The highest BCUT2D eigenvalue weighted by Crippen LogP contribution is 2.37. The van der Waals surface area contributed by atoms with Crippen LogP contribution in [0.4, 0.5) is 0 Å². The molecule has 0 heterocycles. The molecule has 39 heavy (non-hydrogen) atoms. The molecule has 0 saturated heterocycles. The third-order valence-corrected chi connectivity index (χ3v) is 15.9. The minimum absolute atomic E-state index is 0.237. The van der Waals surface area contributed by atoms with Gasteiger partial charge in [-0.15, -0.1) is 0 Å². The first kappa shape index (κ1) is 40.3. The first-order valence-corrected chi connectivity index (χ1v) is 23.8. The second-order valence-electron chi connectivity index (χ2n) is 10.8. The highest BCUT2D eigenvalue weighted by Gasteiger charge is 2.32. The van der Waals surface area contributed by atoms with Crippen molar-refractivity contribution in [1.82, 2.24) is 0 Å². The van der Waals surface area contributed by atoms with Gasteiger partial charge in [0.05, 0.1) is 19.0 Å². The fourth-order valence-electron chi connectivity index (χ4n) is 4.61. The molecular weight excluding hydrogens is 577 g/mol. The monoisotopic (exact) mass is 642 g/mol. The minimum atomic E-state index is -0.416. The molecule has 0 radical (unpaired) electrons. The van der Waals surface area contributed by atoms with E-state index in [1.807, 2.05) is 31.4 Å². The van der Waals surface area contributed by atoms with Crippen LogP contribution in [-0.4, -0.2) is 67.8 Å². The third-order valence-electron chi connectivity index (χ3n) is 6.77. The van der Waals surface area contributed by atoms with Gasteiger partial charge < -0.3 is 18.9 Å². The van der Waals surface area contributed by atoms with E-state index in [-0.39, 0.29) is 10.8 Å². The van der Waals surface area contributed by atoms with Crippen molar-refractivity contribution in [2.45, 2.75) is 154 Å². The predicted molar refractivity (Wildman–Crippen MR) is 187 cm³/mol. The van der Waals surface area contributed by atoms with E-state index in [4.69, 9.17) is 18.9 Å². The van der Waals surface area contributed by atoms with Gasteiger partial charge in [0.2, 0.25) is 0 Å². The summed E-state index contributed by atoms with van der Waals surface area (Å²) in [4.78, 5) is 0. The molecule has 0 rings (SSSR count). The summed E-state index contributed by atoms with van der Waals surface area (Å²) in [7, 11) is 5.15. The van der Waals surface area contributed by atoms with E-state index < -0.39 is 19.0 Å². The summed E-state index contributed by atoms with van der Waals surface area (Å²) in [6.45, 7) is 16.7. The van der Waals surface area contributed by atoms with Crippen LogP contribution in [0.1, 0.15) is 131 Å². The molecule has 0 bridgehead atoms. The van der Waals surface area contributed by atoms with E-state index >= 15 is 0 Å². The maximum absolute atomic E-state index is 6.45. The Bertz CT molecular complexity index is 449. The van der Waals surface area contributed by atoms with Crippen LogP contribution < -0.4 is 0 Å². The number of rotatable bonds is 32. The van der Waals surface area contributed by atoms with Gasteiger partial charge in [-0.3, -0.25) is 0 Å². The summed E-state index contributed by atoms with van der Waals surface area (Å²) >= 11 is 0. The average Bonchev–Trinajstić information content (AvgIpc) is 2.96. The van der Waals surface area contributed by atoms with Crippen LogP contribution in [0.5, 0.6) is 0 Å². The Balaban J connectivity index is 4.53. The molecule has 0 aromatic carbocycles. The van der Waals surface area contributed by atoms with Crippen LogP contribution >= 0.6 is 31.4 Å². The van der Waals surface area contributed by atoms with E-state index in [1.165, 1.54) is 75.0 Å². The average molecular weight is 643 g/mol. The summed E-state index contributed by atoms with van der Waals surface area (Å²) in [5.41, 5.74) is -0.473. The van der Waals surface area contributed by atoms with Crippen molar-refractivity contribution in [2.24, 2.45) is 0 Å². The lowest BCUT2D eigenvalue weighted by Crippen LogP contribution is -2.43. The zero-order chi connectivity index (χ0) is 28.9. The largest absolute Gasteiger partial charge is 0.354 e. The van der Waals surface area contributed by atoms with Gasteiger partial charge in [-0.25, -0.2) is 0 Å². The molecule has 236 valence electrons. The maximum Gasteiger partial charge on any atom is 0.145 e. The molecule has 0 aromatic rings. The molecule has 0 amide bonds. The van der Waals surface area contributed by atoms with E-state index in [9.17, 15) is 0 Å². The van der Waals surface area contributed by atoms with Crippen LogP contribution in [-0.2, 0) is 18.9 Å². The van der Waals surface area contributed by atoms with Crippen LogP contribution in [0, 0.1) is 0 Å². The molecule has 4 nitrogen and oxygen atoms in total. The van der Waals surface area contributed by atoms with Gasteiger partial charge in [-0.2, -0.15) is 0 Å². The van der Waals surface area contributed by atoms with Gasteiger partial charge >= 0.3 is 0 Å². The molecule has 0 spiro atoms. The standard InChI is InChI=1S/C30H66O4S3Si2/c1-7-13-15-27-38-29(31-21-9-3,32-22-10-4)19-17-25-35-37-36-26-18-20-30(33-23-11-5,34-24-12-6)39-28-16-14-8-2/h7-28,38-39H2,1-6H3. The lowest BCUT2D eigenvalue weighted by molar-refractivity contribution is -0.185. The van der Waals surface area contributed by atoms with Crippen molar-refractivity contribution in [1.29, 1.82) is 0 Å². The zero-order valence-electron chi connectivity index (χ0n) is 26.8. The van der Waals surface area contributed by atoms with E-state index in [1.54, 1.807) is 0 Å². The Morgan fingerprint density at radius 1 is 0.462 bits per heavy atom. The molecule has 0 aliphatic carbocycles. The summed E-state index contributed by atoms with van der Waals surface area (Å²) in [5, 5.41) is 0. The molecule has 9 heteroatoms. The Morgan fingerprint density at radius 2 is 0.821 bits per heavy atom. The van der Waals surface area contributed by atoms with Crippen molar-refractivity contribution in [2.75, 3.05) is 37.9 Å². The minimum Gasteiger partial charge on any atom is -0.354 e. The Kier molecular flexibility index (Phi) is 30.4. The molecule has 0 aliphatic heterocycles. The van der Waals surface area contributed by atoms with Crippen LogP contribution in [0.2, 0.25) is 12.1 Å². The topological polar surface area (TPSA) is 36.9 Å². The second-order valence-corrected chi connectivity index (χ2v) is 19.8. The Labute approximate surface area is 260 Å². The van der Waals surface area contributed by atoms with Crippen LogP contribution in [0.3, 0.4) is 0 Å². The van der Waals surface area contributed by atoms with Gasteiger partial charge in [-0.05, 0) is 61.2 Å². The van der Waals surface area contributed by atoms with Crippen molar-refractivity contribution in [3.8, 4) is 0 Å². The Hall–Kier alpha value is 1.32. The Morgan fingerprint density at radius 3 is 1.13 bits per heavy atom. The van der Waals surface area contributed by atoms with E-state index in [0.717, 1.165) is 65.0 Å². The normalized spacial score (nSPS) is 13.1. The number of unbranched alkanes of at least 4 members (excludes halogenated alkanes) is 4. The zero-order valence-corrected chi connectivity index (χ0v) is 32.1. The number of hydrogen-bond acceptors (Lipinski definition) is 7. The lowest BCUT2D eigenvalue weighted by Gasteiger charge is -2.34. The SMILES string of the molecule is CCCCC[SiH2]C(CCCSSSCCCC(OCCC)(OCCC)[SiH2]CCCCC)(OCCC)OCCC. The van der Waals surface area contributed by atoms with Gasteiger partial charge in [0.15, 0.2) is 0 Å². The quantitative estimate of drug-likeness (QED) is 0.0313. The van der Waals surface area contributed by atoms with Crippen LogP contribution in [0.15, 0.2) is 0 Å². The van der Waals surface area contributed by atoms with Gasteiger partial charge in [0.25, 0.3) is 0 Å². The van der Waals surface area contributed by atoms with Crippen molar-refractivity contribution in [3.63, 3.8) is 0 Å². The molecule has 0 unspecified atom stereocenters.